The van der Waals surface area contributed by atoms with E-state index in [1.54, 1.807) is 11.1 Å². The highest BCUT2D eigenvalue weighted by Gasteiger charge is 2.22. The Hall–Kier alpha value is -0.560. The maximum absolute atomic E-state index is 6.03. The van der Waals surface area contributed by atoms with Crippen LogP contribution in [0.1, 0.15) is 155 Å². The average Bonchev–Trinajstić information content (AvgIpc) is 2.93. The number of hydrogen-bond donors (Lipinski definition) is 0. The van der Waals surface area contributed by atoms with Crippen molar-refractivity contribution in [3.8, 4) is 0 Å². The summed E-state index contributed by atoms with van der Waals surface area (Å²) in [5.41, 5.74) is 3.46. The molecule has 1 heteroatoms. The van der Waals surface area contributed by atoms with Crippen LogP contribution in [0.5, 0.6) is 0 Å². The van der Waals surface area contributed by atoms with Gasteiger partial charge >= 0.3 is 0 Å². The zero-order valence-electron chi connectivity index (χ0n) is 25.0. The zero-order valence-corrected chi connectivity index (χ0v) is 25.0. The normalized spacial score (nSPS) is 33.1. The summed E-state index contributed by atoms with van der Waals surface area (Å²) in [6.45, 7) is 6.80. The molecule has 1 nitrogen and oxygen atoms in total. The molecule has 2 fully saturated rings. The third kappa shape index (κ3) is 11.2. The fourth-order valence-corrected chi connectivity index (χ4v) is 7.95. The summed E-state index contributed by atoms with van der Waals surface area (Å²) in [6, 6.07) is 0. The molecule has 4 aliphatic carbocycles. The molecule has 0 aromatic heterocycles. The van der Waals surface area contributed by atoms with Crippen LogP contribution in [-0.4, -0.2) is 13.2 Å². The van der Waals surface area contributed by atoms with Crippen molar-refractivity contribution in [2.45, 2.75) is 155 Å². The van der Waals surface area contributed by atoms with Crippen LogP contribution in [0.25, 0.3) is 0 Å². The summed E-state index contributed by atoms with van der Waals surface area (Å²) in [4.78, 5) is 0. The lowest BCUT2D eigenvalue weighted by Gasteiger charge is -2.28. The van der Waals surface area contributed by atoms with Crippen LogP contribution in [0.2, 0.25) is 0 Å². The molecule has 2 saturated carbocycles. The first-order valence-electron chi connectivity index (χ1n) is 17.1. The van der Waals surface area contributed by atoms with E-state index in [4.69, 9.17) is 4.74 Å². The predicted molar refractivity (Wildman–Crippen MR) is 161 cm³/mol. The van der Waals surface area contributed by atoms with Gasteiger partial charge in [0, 0.05) is 13.2 Å². The Labute approximate surface area is 231 Å². The SMILES string of the molecule is CC1CCC(CCC2CC=C(CCCOCCCC3=CCC(CCC4CCC(C)CC4)CC3)CC2)CC1. The Morgan fingerprint density at radius 2 is 0.946 bits per heavy atom. The van der Waals surface area contributed by atoms with Gasteiger partial charge in [0.2, 0.25) is 0 Å². The first-order valence-corrected chi connectivity index (χ1v) is 17.1. The smallest absolute Gasteiger partial charge is 0.0469 e. The Bertz CT molecular complexity index is 615. The van der Waals surface area contributed by atoms with E-state index in [1.165, 1.54) is 141 Å². The van der Waals surface area contributed by atoms with Gasteiger partial charge in [-0.3, -0.25) is 0 Å². The van der Waals surface area contributed by atoms with Crippen molar-refractivity contribution in [2.24, 2.45) is 35.5 Å². The molecule has 0 bridgehead atoms. The average molecular weight is 511 g/mol. The first kappa shape index (κ1) is 29.4. The summed E-state index contributed by atoms with van der Waals surface area (Å²) in [5, 5.41) is 0. The van der Waals surface area contributed by atoms with E-state index in [9.17, 15) is 0 Å². The molecule has 0 N–H and O–H groups in total. The maximum Gasteiger partial charge on any atom is 0.0469 e. The van der Waals surface area contributed by atoms with Crippen LogP contribution in [-0.2, 0) is 4.74 Å². The minimum atomic E-state index is 0.960. The molecule has 0 aromatic carbocycles. The summed E-state index contributed by atoms with van der Waals surface area (Å²) in [6.07, 6.45) is 36.5. The number of hydrogen-bond acceptors (Lipinski definition) is 1. The summed E-state index contributed by atoms with van der Waals surface area (Å²) in [5.74, 6) is 6.03. The Kier molecular flexibility index (Phi) is 13.1. The lowest BCUT2D eigenvalue weighted by molar-refractivity contribution is 0.129. The molecule has 0 heterocycles. The first-order chi connectivity index (χ1) is 18.1. The van der Waals surface area contributed by atoms with Crippen LogP contribution in [0, 0.1) is 35.5 Å². The second kappa shape index (κ2) is 16.5. The molecule has 37 heavy (non-hydrogen) atoms. The standard InChI is InChI=1S/C36H62O/c1-29-7-11-33(12-8-29)23-25-35-19-15-31(16-20-35)5-3-27-37-28-4-6-32-17-21-36(22-18-32)26-24-34-13-9-30(2)10-14-34/h15,17,29-30,33-36H,3-14,16,18-28H2,1-2H3. The Balaban J connectivity index is 0.957. The molecule has 0 radical (unpaired) electrons. The molecule has 2 unspecified atom stereocenters. The molecule has 0 spiro atoms. The van der Waals surface area contributed by atoms with Crippen molar-refractivity contribution in [1.82, 2.24) is 0 Å². The highest BCUT2D eigenvalue weighted by molar-refractivity contribution is 5.07. The number of allylic oxidation sites excluding steroid dienone is 4. The van der Waals surface area contributed by atoms with E-state index in [2.05, 4.69) is 26.0 Å². The van der Waals surface area contributed by atoms with Gasteiger partial charge in [0.1, 0.15) is 0 Å². The largest absolute Gasteiger partial charge is 0.381 e. The van der Waals surface area contributed by atoms with Crippen LogP contribution in [0.3, 0.4) is 0 Å². The zero-order chi connectivity index (χ0) is 25.7. The quantitative estimate of drug-likeness (QED) is 0.167. The Morgan fingerprint density at radius 1 is 0.541 bits per heavy atom. The molecule has 0 aromatic rings. The molecule has 0 amide bonds. The fourth-order valence-electron chi connectivity index (χ4n) is 7.95. The van der Waals surface area contributed by atoms with Gasteiger partial charge < -0.3 is 4.74 Å². The highest BCUT2D eigenvalue weighted by Crippen LogP contribution is 2.36. The third-order valence-corrected chi connectivity index (χ3v) is 11.0. The molecule has 4 aliphatic rings. The monoisotopic (exact) mass is 510 g/mol. The van der Waals surface area contributed by atoms with Crippen molar-refractivity contribution in [1.29, 1.82) is 0 Å². The lowest BCUT2D eigenvalue weighted by Crippen LogP contribution is -2.14. The van der Waals surface area contributed by atoms with Gasteiger partial charge in [0.25, 0.3) is 0 Å². The minimum absolute atomic E-state index is 0.960. The van der Waals surface area contributed by atoms with E-state index < -0.39 is 0 Å². The van der Waals surface area contributed by atoms with Gasteiger partial charge in [0.15, 0.2) is 0 Å². The minimum Gasteiger partial charge on any atom is -0.381 e. The molecular weight excluding hydrogens is 448 g/mol. The van der Waals surface area contributed by atoms with E-state index >= 15 is 0 Å². The third-order valence-electron chi connectivity index (χ3n) is 11.0. The van der Waals surface area contributed by atoms with Gasteiger partial charge in [-0.05, 0) is 113 Å². The molecule has 2 atom stereocenters. The number of ether oxygens (including phenoxy) is 1. The second-order valence-corrected chi connectivity index (χ2v) is 14.2. The van der Waals surface area contributed by atoms with E-state index in [-0.39, 0.29) is 0 Å². The van der Waals surface area contributed by atoms with Gasteiger partial charge in [-0.1, -0.05) is 101 Å². The van der Waals surface area contributed by atoms with E-state index in [1.807, 2.05) is 0 Å². The summed E-state index contributed by atoms with van der Waals surface area (Å²) < 4.78 is 6.03. The van der Waals surface area contributed by atoms with Crippen LogP contribution < -0.4 is 0 Å². The van der Waals surface area contributed by atoms with Crippen molar-refractivity contribution in [3.05, 3.63) is 23.3 Å². The van der Waals surface area contributed by atoms with Crippen LogP contribution in [0.4, 0.5) is 0 Å². The van der Waals surface area contributed by atoms with Crippen LogP contribution >= 0.6 is 0 Å². The molecule has 4 rings (SSSR count). The molecule has 0 saturated heterocycles. The van der Waals surface area contributed by atoms with Crippen molar-refractivity contribution in [2.75, 3.05) is 13.2 Å². The summed E-state index contributed by atoms with van der Waals surface area (Å²) in [7, 11) is 0. The fraction of sp³-hybridized carbons (Fsp3) is 0.889. The van der Waals surface area contributed by atoms with Gasteiger partial charge in [-0.2, -0.15) is 0 Å². The molecule has 0 aliphatic heterocycles. The lowest BCUT2D eigenvalue weighted by atomic mass is 9.78. The van der Waals surface area contributed by atoms with Crippen molar-refractivity contribution < 1.29 is 4.74 Å². The van der Waals surface area contributed by atoms with Crippen molar-refractivity contribution in [3.63, 3.8) is 0 Å². The molecule has 212 valence electrons. The van der Waals surface area contributed by atoms with E-state index in [0.717, 1.165) is 48.7 Å². The van der Waals surface area contributed by atoms with Crippen LogP contribution in [0.15, 0.2) is 23.3 Å². The number of rotatable bonds is 14. The second-order valence-electron chi connectivity index (χ2n) is 14.2. The topological polar surface area (TPSA) is 9.23 Å². The van der Waals surface area contributed by atoms with Gasteiger partial charge in [0.05, 0.1) is 0 Å². The van der Waals surface area contributed by atoms with Gasteiger partial charge in [-0.15, -0.1) is 0 Å². The maximum atomic E-state index is 6.03. The van der Waals surface area contributed by atoms with E-state index in [0.29, 0.717) is 0 Å². The summed E-state index contributed by atoms with van der Waals surface area (Å²) >= 11 is 0. The highest BCUT2D eigenvalue weighted by atomic mass is 16.5. The van der Waals surface area contributed by atoms with Crippen molar-refractivity contribution >= 4 is 0 Å². The molecular formula is C36H62O. The predicted octanol–water partition coefficient (Wildman–Crippen LogP) is 11.2. The Morgan fingerprint density at radius 3 is 1.32 bits per heavy atom. The van der Waals surface area contributed by atoms with Gasteiger partial charge in [-0.25, -0.2) is 0 Å².